The number of hydrogen-bond donors (Lipinski definition) is 1. The average Bonchev–Trinajstić information content (AvgIpc) is 2.62. The van der Waals surface area contributed by atoms with Crippen molar-refractivity contribution in [3.63, 3.8) is 0 Å². The maximum absolute atomic E-state index is 5.52. The van der Waals surface area contributed by atoms with E-state index in [0.717, 1.165) is 26.0 Å². The van der Waals surface area contributed by atoms with Gasteiger partial charge in [-0.25, -0.2) is 0 Å². The maximum atomic E-state index is 5.52. The highest BCUT2D eigenvalue weighted by molar-refractivity contribution is 9.10. The zero-order chi connectivity index (χ0) is 10.7. The lowest BCUT2D eigenvalue weighted by atomic mass is 10.0. The van der Waals surface area contributed by atoms with Crippen LogP contribution in [-0.4, -0.2) is 18.8 Å². The van der Waals surface area contributed by atoms with E-state index < -0.39 is 0 Å². The van der Waals surface area contributed by atoms with Crippen molar-refractivity contribution in [3.8, 4) is 0 Å². The lowest BCUT2D eigenvalue weighted by Crippen LogP contribution is -2.37. The van der Waals surface area contributed by atoms with Crippen LogP contribution in [0.2, 0.25) is 0 Å². The van der Waals surface area contributed by atoms with Gasteiger partial charge < -0.3 is 10.1 Å². The summed E-state index contributed by atoms with van der Waals surface area (Å²) >= 11 is 5.27. The van der Waals surface area contributed by atoms with Crippen LogP contribution in [0.5, 0.6) is 0 Å². The Hall–Kier alpha value is 0.1000. The predicted molar refractivity (Wildman–Crippen MR) is 67.3 cm³/mol. The lowest BCUT2D eigenvalue weighted by molar-refractivity contribution is 0.0131. The van der Waals surface area contributed by atoms with E-state index in [-0.39, 0.29) is 0 Å². The fourth-order valence-electron chi connectivity index (χ4n) is 1.87. The molecule has 2 nitrogen and oxygen atoms in total. The van der Waals surface area contributed by atoms with Gasteiger partial charge in [0.25, 0.3) is 0 Å². The molecule has 15 heavy (non-hydrogen) atoms. The van der Waals surface area contributed by atoms with Crippen LogP contribution >= 0.6 is 27.3 Å². The molecule has 1 aliphatic rings. The van der Waals surface area contributed by atoms with Crippen LogP contribution in [0.1, 0.15) is 24.6 Å². The summed E-state index contributed by atoms with van der Waals surface area (Å²) in [5.74, 6) is 0. The third kappa shape index (κ3) is 3.55. The number of nitrogens with one attached hydrogen (secondary N) is 1. The summed E-state index contributed by atoms with van der Waals surface area (Å²) in [6.07, 6.45) is 2.68. The van der Waals surface area contributed by atoms with Crippen molar-refractivity contribution < 1.29 is 4.74 Å². The van der Waals surface area contributed by atoms with E-state index in [1.54, 1.807) is 11.3 Å². The molecule has 1 aromatic rings. The van der Waals surface area contributed by atoms with Crippen molar-refractivity contribution in [1.29, 1.82) is 0 Å². The SMILES string of the molecule is CC1CC(NCc2cc(Br)cs2)CCO1. The van der Waals surface area contributed by atoms with Crippen molar-refractivity contribution in [2.45, 2.75) is 38.5 Å². The van der Waals surface area contributed by atoms with E-state index in [1.165, 1.54) is 9.35 Å². The fourth-order valence-corrected chi connectivity index (χ4v) is 3.28. The summed E-state index contributed by atoms with van der Waals surface area (Å²) in [5.41, 5.74) is 0. The second-order valence-corrected chi connectivity index (χ2v) is 5.93. The summed E-state index contributed by atoms with van der Waals surface area (Å²) in [6, 6.07) is 2.80. The molecule has 0 bridgehead atoms. The standard InChI is InChI=1S/C11H16BrNOS/c1-8-4-10(2-3-14-8)13-6-11-5-9(12)7-15-11/h5,7-8,10,13H,2-4,6H2,1H3. The van der Waals surface area contributed by atoms with Crippen molar-refractivity contribution in [1.82, 2.24) is 5.32 Å². The minimum Gasteiger partial charge on any atom is -0.378 e. The van der Waals surface area contributed by atoms with E-state index in [1.807, 2.05) is 0 Å². The van der Waals surface area contributed by atoms with Gasteiger partial charge in [0.05, 0.1) is 6.10 Å². The molecule has 0 aliphatic carbocycles. The molecule has 2 rings (SSSR count). The molecule has 1 saturated heterocycles. The highest BCUT2D eigenvalue weighted by Gasteiger charge is 2.18. The van der Waals surface area contributed by atoms with Gasteiger partial charge in [-0.05, 0) is 41.8 Å². The lowest BCUT2D eigenvalue weighted by Gasteiger charge is -2.27. The average molecular weight is 290 g/mol. The smallest absolute Gasteiger partial charge is 0.0561 e. The van der Waals surface area contributed by atoms with Gasteiger partial charge in [-0.2, -0.15) is 0 Å². The molecule has 1 aliphatic heterocycles. The molecule has 0 spiro atoms. The van der Waals surface area contributed by atoms with E-state index in [9.17, 15) is 0 Å². The van der Waals surface area contributed by atoms with E-state index in [2.05, 4.69) is 39.6 Å². The number of hydrogen-bond acceptors (Lipinski definition) is 3. The molecule has 0 saturated carbocycles. The topological polar surface area (TPSA) is 21.3 Å². The third-order valence-electron chi connectivity index (χ3n) is 2.67. The number of halogens is 1. The van der Waals surface area contributed by atoms with Gasteiger partial charge in [-0.1, -0.05) is 0 Å². The highest BCUT2D eigenvalue weighted by atomic mass is 79.9. The Morgan fingerprint density at radius 2 is 2.53 bits per heavy atom. The Kier molecular flexibility index (Phi) is 4.20. The van der Waals surface area contributed by atoms with Gasteiger partial charge in [0.1, 0.15) is 0 Å². The Balaban J connectivity index is 1.77. The van der Waals surface area contributed by atoms with Crippen molar-refractivity contribution in [3.05, 3.63) is 20.8 Å². The molecule has 2 atom stereocenters. The molecule has 0 aromatic carbocycles. The molecule has 84 valence electrons. The molecule has 4 heteroatoms. The summed E-state index contributed by atoms with van der Waals surface area (Å²) < 4.78 is 6.70. The molecular weight excluding hydrogens is 274 g/mol. The summed E-state index contributed by atoms with van der Waals surface area (Å²) in [5, 5.41) is 5.72. The van der Waals surface area contributed by atoms with Crippen molar-refractivity contribution in [2.75, 3.05) is 6.61 Å². The quantitative estimate of drug-likeness (QED) is 0.923. The number of thiophene rings is 1. The van der Waals surface area contributed by atoms with Crippen LogP contribution in [-0.2, 0) is 11.3 Å². The fraction of sp³-hybridized carbons (Fsp3) is 0.636. The van der Waals surface area contributed by atoms with Crippen LogP contribution in [0.25, 0.3) is 0 Å². The second-order valence-electron chi connectivity index (χ2n) is 4.01. The third-order valence-corrected chi connectivity index (χ3v) is 4.37. The second kappa shape index (κ2) is 5.43. The van der Waals surface area contributed by atoms with E-state index in [4.69, 9.17) is 4.74 Å². The van der Waals surface area contributed by atoms with Crippen LogP contribution in [0.3, 0.4) is 0 Å². The first kappa shape index (κ1) is 11.6. The van der Waals surface area contributed by atoms with Gasteiger partial charge in [-0.15, -0.1) is 11.3 Å². The van der Waals surface area contributed by atoms with Gasteiger partial charge in [0.2, 0.25) is 0 Å². The minimum absolute atomic E-state index is 0.409. The van der Waals surface area contributed by atoms with Gasteiger partial charge >= 0.3 is 0 Å². The predicted octanol–water partition coefficient (Wildman–Crippen LogP) is 3.17. The Labute approximate surface area is 103 Å². The monoisotopic (exact) mass is 289 g/mol. The first-order chi connectivity index (χ1) is 7.24. The molecular formula is C11H16BrNOS. The molecule has 1 N–H and O–H groups in total. The summed E-state index contributed by atoms with van der Waals surface area (Å²) in [7, 11) is 0. The highest BCUT2D eigenvalue weighted by Crippen LogP contribution is 2.20. The Morgan fingerprint density at radius 3 is 3.20 bits per heavy atom. The van der Waals surface area contributed by atoms with Crippen molar-refractivity contribution >= 4 is 27.3 Å². The first-order valence-corrected chi connectivity index (χ1v) is 6.99. The Bertz CT molecular complexity index is 315. The normalized spacial score (nSPS) is 26.8. The number of ether oxygens (including phenoxy) is 1. The largest absolute Gasteiger partial charge is 0.378 e. The maximum Gasteiger partial charge on any atom is 0.0561 e. The van der Waals surface area contributed by atoms with E-state index >= 15 is 0 Å². The van der Waals surface area contributed by atoms with Gasteiger partial charge in [0, 0.05) is 33.9 Å². The first-order valence-electron chi connectivity index (χ1n) is 5.32. The Morgan fingerprint density at radius 1 is 1.67 bits per heavy atom. The molecule has 1 aromatic heterocycles. The zero-order valence-corrected chi connectivity index (χ0v) is 11.2. The van der Waals surface area contributed by atoms with Crippen molar-refractivity contribution in [2.24, 2.45) is 0 Å². The van der Waals surface area contributed by atoms with Crippen LogP contribution in [0.15, 0.2) is 15.9 Å². The number of rotatable bonds is 3. The molecule has 1 fully saturated rings. The molecule has 0 amide bonds. The van der Waals surface area contributed by atoms with Gasteiger partial charge in [0.15, 0.2) is 0 Å². The van der Waals surface area contributed by atoms with Crippen LogP contribution < -0.4 is 5.32 Å². The molecule has 2 heterocycles. The summed E-state index contributed by atoms with van der Waals surface area (Å²) in [4.78, 5) is 1.39. The van der Waals surface area contributed by atoms with Crippen LogP contribution in [0.4, 0.5) is 0 Å². The van der Waals surface area contributed by atoms with E-state index in [0.29, 0.717) is 12.1 Å². The minimum atomic E-state index is 0.409. The summed E-state index contributed by atoms with van der Waals surface area (Å²) in [6.45, 7) is 4.02. The zero-order valence-electron chi connectivity index (χ0n) is 8.83. The van der Waals surface area contributed by atoms with Crippen LogP contribution in [0, 0.1) is 0 Å². The molecule has 0 radical (unpaired) electrons. The van der Waals surface area contributed by atoms with Gasteiger partial charge in [-0.3, -0.25) is 0 Å². The molecule has 2 unspecified atom stereocenters.